The Morgan fingerprint density at radius 1 is 1.03 bits per heavy atom. The van der Waals surface area contributed by atoms with Crippen LogP contribution in [0.5, 0.6) is 0 Å². The summed E-state index contributed by atoms with van der Waals surface area (Å²) in [5, 5.41) is 3.07. The van der Waals surface area contributed by atoms with Gasteiger partial charge in [0, 0.05) is 42.6 Å². The fourth-order valence-corrected chi connectivity index (χ4v) is 3.69. The number of rotatable bonds is 4. The molecule has 1 saturated heterocycles. The van der Waals surface area contributed by atoms with Crippen molar-refractivity contribution in [3.05, 3.63) is 60.7 Å². The molecule has 1 N–H and O–H groups in total. The number of carbonyl (C=O) groups is 1. The van der Waals surface area contributed by atoms with Crippen molar-refractivity contribution in [2.45, 2.75) is 32.7 Å². The highest BCUT2D eigenvalue weighted by atomic mass is 16.2. The molecule has 0 spiro atoms. The van der Waals surface area contributed by atoms with Gasteiger partial charge in [-0.05, 0) is 55.5 Å². The molecular weight excluding hydrogens is 364 g/mol. The van der Waals surface area contributed by atoms with E-state index in [1.54, 1.807) is 36.9 Å². The van der Waals surface area contributed by atoms with E-state index in [4.69, 9.17) is 0 Å². The van der Waals surface area contributed by atoms with Gasteiger partial charge in [0.1, 0.15) is 6.04 Å². The van der Waals surface area contributed by atoms with E-state index in [2.05, 4.69) is 32.2 Å². The van der Waals surface area contributed by atoms with Crippen LogP contribution in [-0.2, 0) is 4.79 Å². The molecular formula is C22H24N6O. The first-order valence-electron chi connectivity index (χ1n) is 9.84. The van der Waals surface area contributed by atoms with E-state index in [1.165, 1.54) is 0 Å². The number of nitrogens with one attached hydrogen (secondary N) is 1. The van der Waals surface area contributed by atoms with Crippen molar-refractivity contribution >= 4 is 17.5 Å². The average molecular weight is 388 g/mol. The molecule has 1 aliphatic heterocycles. The van der Waals surface area contributed by atoms with Crippen molar-refractivity contribution in [2.75, 3.05) is 16.8 Å². The van der Waals surface area contributed by atoms with Gasteiger partial charge < -0.3 is 10.2 Å². The van der Waals surface area contributed by atoms with Crippen LogP contribution in [0.1, 0.15) is 25.3 Å². The maximum Gasteiger partial charge on any atom is 0.247 e. The Bertz CT molecular complexity index is 979. The minimum atomic E-state index is -0.300. The van der Waals surface area contributed by atoms with Crippen molar-refractivity contribution < 1.29 is 4.79 Å². The fraction of sp³-hybridized carbons (Fsp3) is 0.318. The first-order valence-corrected chi connectivity index (χ1v) is 9.84. The summed E-state index contributed by atoms with van der Waals surface area (Å²) >= 11 is 0. The predicted molar refractivity (Wildman–Crippen MR) is 112 cm³/mol. The van der Waals surface area contributed by atoms with Crippen LogP contribution < -0.4 is 10.2 Å². The van der Waals surface area contributed by atoms with Crippen LogP contribution in [0.4, 0.5) is 11.6 Å². The van der Waals surface area contributed by atoms with Gasteiger partial charge in [0.25, 0.3) is 0 Å². The second-order valence-electron chi connectivity index (χ2n) is 7.49. The van der Waals surface area contributed by atoms with Crippen molar-refractivity contribution in [3.63, 3.8) is 0 Å². The van der Waals surface area contributed by atoms with E-state index >= 15 is 0 Å². The quantitative estimate of drug-likeness (QED) is 0.737. The second kappa shape index (κ2) is 8.34. The molecule has 0 radical (unpaired) electrons. The number of hydrogen-bond acceptors (Lipinski definition) is 6. The number of aryl methyl sites for hydroxylation is 1. The average Bonchev–Trinajstić information content (AvgIpc) is 2.76. The number of benzene rings is 1. The zero-order chi connectivity index (χ0) is 20.2. The maximum atomic E-state index is 13.2. The largest absolute Gasteiger partial charge is 0.329 e. The zero-order valence-corrected chi connectivity index (χ0v) is 16.6. The zero-order valence-electron chi connectivity index (χ0n) is 16.6. The Hall–Kier alpha value is -3.35. The van der Waals surface area contributed by atoms with Gasteiger partial charge in [-0.3, -0.25) is 4.79 Å². The van der Waals surface area contributed by atoms with Crippen LogP contribution in [0.2, 0.25) is 0 Å². The summed E-state index contributed by atoms with van der Waals surface area (Å²) in [4.78, 5) is 32.5. The van der Waals surface area contributed by atoms with Crippen molar-refractivity contribution in [2.24, 2.45) is 5.92 Å². The molecule has 3 aromatic rings. The summed E-state index contributed by atoms with van der Waals surface area (Å²) in [6.07, 6.45) is 8.62. The number of carbonyl (C=O) groups excluding carboxylic acids is 1. The molecule has 7 heteroatoms. The van der Waals surface area contributed by atoms with E-state index in [0.29, 0.717) is 17.7 Å². The van der Waals surface area contributed by atoms with E-state index in [0.717, 1.165) is 36.2 Å². The minimum absolute atomic E-state index is 0.0480. The molecule has 1 aliphatic rings. The summed E-state index contributed by atoms with van der Waals surface area (Å²) in [7, 11) is 0. The second-order valence-corrected chi connectivity index (χ2v) is 7.49. The van der Waals surface area contributed by atoms with Gasteiger partial charge in [-0.25, -0.2) is 19.9 Å². The van der Waals surface area contributed by atoms with Crippen LogP contribution in [0, 0.1) is 12.8 Å². The summed E-state index contributed by atoms with van der Waals surface area (Å²) in [6.45, 7) is 4.96. The van der Waals surface area contributed by atoms with Gasteiger partial charge in [0.15, 0.2) is 5.82 Å². The Kier molecular flexibility index (Phi) is 5.46. The lowest BCUT2D eigenvalue weighted by Crippen LogP contribution is -2.50. The topological polar surface area (TPSA) is 83.9 Å². The van der Waals surface area contributed by atoms with Crippen molar-refractivity contribution in [1.29, 1.82) is 0 Å². The predicted octanol–water partition coefficient (Wildman–Crippen LogP) is 3.49. The molecule has 0 bridgehead atoms. The van der Waals surface area contributed by atoms with E-state index in [9.17, 15) is 4.79 Å². The third-order valence-corrected chi connectivity index (χ3v) is 5.24. The van der Waals surface area contributed by atoms with Gasteiger partial charge in [-0.1, -0.05) is 13.0 Å². The van der Waals surface area contributed by atoms with Gasteiger partial charge in [0.2, 0.25) is 11.9 Å². The molecule has 29 heavy (non-hydrogen) atoms. The molecule has 1 aromatic carbocycles. The molecule has 1 unspecified atom stereocenters. The highest BCUT2D eigenvalue weighted by molar-refractivity contribution is 5.97. The number of amides is 1. The highest BCUT2D eigenvalue weighted by Crippen LogP contribution is 2.27. The monoisotopic (exact) mass is 388 g/mol. The van der Waals surface area contributed by atoms with E-state index in [1.807, 2.05) is 30.0 Å². The van der Waals surface area contributed by atoms with Crippen LogP contribution in [0.25, 0.3) is 11.4 Å². The van der Waals surface area contributed by atoms with Crippen LogP contribution in [-0.4, -0.2) is 38.4 Å². The first-order chi connectivity index (χ1) is 14.1. The Balaban J connectivity index is 1.57. The molecule has 7 nitrogen and oxygen atoms in total. The molecule has 1 fully saturated rings. The first kappa shape index (κ1) is 19.0. The molecule has 0 aliphatic carbocycles. The van der Waals surface area contributed by atoms with Crippen molar-refractivity contribution in [3.8, 4) is 11.4 Å². The molecule has 2 atom stereocenters. The van der Waals surface area contributed by atoms with Gasteiger partial charge in [0.05, 0.1) is 0 Å². The molecule has 0 saturated carbocycles. The third kappa shape index (κ3) is 4.23. The van der Waals surface area contributed by atoms with Crippen LogP contribution >= 0.6 is 0 Å². The lowest BCUT2D eigenvalue weighted by molar-refractivity contribution is -0.118. The molecule has 1 amide bonds. The normalized spacial score (nSPS) is 19.0. The number of aromatic nitrogens is 4. The Morgan fingerprint density at radius 2 is 1.72 bits per heavy atom. The maximum absolute atomic E-state index is 13.2. The van der Waals surface area contributed by atoms with Gasteiger partial charge >= 0.3 is 0 Å². The standard InChI is InChI=1S/C22H24N6O/c1-15-5-8-19(28(14-15)22-25-11-4-12-26-22)21(29)27-17-7-6-16(2)18(13-17)20-23-9-3-10-24-20/h3-4,6-7,9-13,15,19H,5,8,14H2,1-2H3,(H,27,29)/t15-,19?/m1/s1. The molecule has 3 heterocycles. The number of hydrogen-bond donors (Lipinski definition) is 1. The number of piperidine rings is 1. The minimum Gasteiger partial charge on any atom is -0.329 e. The summed E-state index contributed by atoms with van der Waals surface area (Å²) in [5.41, 5.74) is 2.69. The summed E-state index contributed by atoms with van der Waals surface area (Å²) in [5.74, 6) is 1.69. The highest BCUT2D eigenvalue weighted by Gasteiger charge is 2.33. The van der Waals surface area contributed by atoms with Crippen LogP contribution in [0.15, 0.2) is 55.1 Å². The summed E-state index contributed by atoms with van der Waals surface area (Å²) in [6, 6.07) is 9.08. The lowest BCUT2D eigenvalue weighted by atomic mass is 9.94. The molecule has 2 aromatic heterocycles. The smallest absolute Gasteiger partial charge is 0.247 e. The molecule has 148 valence electrons. The molecule has 4 rings (SSSR count). The van der Waals surface area contributed by atoms with E-state index < -0.39 is 0 Å². The lowest BCUT2D eigenvalue weighted by Gasteiger charge is -2.37. The Labute approximate surface area is 170 Å². The van der Waals surface area contributed by atoms with Gasteiger partial charge in [-0.15, -0.1) is 0 Å². The SMILES string of the molecule is Cc1ccc(NC(=O)C2CC[C@@H](C)CN2c2ncccn2)cc1-c1ncccn1. The van der Waals surface area contributed by atoms with Crippen LogP contribution in [0.3, 0.4) is 0 Å². The number of nitrogens with zero attached hydrogens (tertiary/aromatic N) is 5. The third-order valence-electron chi connectivity index (χ3n) is 5.24. The fourth-order valence-electron chi connectivity index (χ4n) is 3.69. The van der Waals surface area contributed by atoms with Crippen molar-refractivity contribution in [1.82, 2.24) is 19.9 Å². The Morgan fingerprint density at radius 3 is 2.45 bits per heavy atom. The van der Waals surface area contributed by atoms with E-state index in [-0.39, 0.29) is 11.9 Å². The summed E-state index contributed by atoms with van der Waals surface area (Å²) < 4.78 is 0. The number of anilines is 2. The van der Waals surface area contributed by atoms with Gasteiger partial charge in [-0.2, -0.15) is 0 Å².